The molecule has 0 spiro atoms. The molecule has 1 heterocycles. The zero-order valence-corrected chi connectivity index (χ0v) is 17.2. The fraction of sp³-hybridized carbons (Fsp3) is 0.409. The SMILES string of the molecule is O=C(Nc1cccc(CS(=O)C2CCOCC2)c1)C1CC1c1ccc(Cl)cc1. The molecule has 148 valence electrons. The van der Waals surface area contributed by atoms with E-state index in [0.29, 0.717) is 24.0 Å². The van der Waals surface area contributed by atoms with Crippen LogP contribution in [0.25, 0.3) is 0 Å². The van der Waals surface area contributed by atoms with Crippen molar-refractivity contribution in [1.82, 2.24) is 0 Å². The highest BCUT2D eigenvalue weighted by molar-refractivity contribution is 7.84. The van der Waals surface area contributed by atoms with Crippen LogP contribution in [0.2, 0.25) is 5.02 Å². The minimum Gasteiger partial charge on any atom is -0.381 e. The van der Waals surface area contributed by atoms with Gasteiger partial charge in [0.15, 0.2) is 0 Å². The van der Waals surface area contributed by atoms with Crippen molar-refractivity contribution in [1.29, 1.82) is 0 Å². The minimum atomic E-state index is -0.911. The average molecular weight is 418 g/mol. The van der Waals surface area contributed by atoms with E-state index >= 15 is 0 Å². The van der Waals surface area contributed by atoms with E-state index in [4.69, 9.17) is 16.3 Å². The van der Waals surface area contributed by atoms with Gasteiger partial charge in [-0.3, -0.25) is 9.00 Å². The molecule has 4 nitrogen and oxygen atoms in total. The number of hydrogen-bond acceptors (Lipinski definition) is 3. The molecule has 2 aromatic rings. The quantitative estimate of drug-likeness (QED) is 0.752. The zero-order valence-electron chi connectivity index (χ0n) is 15.6. The number of halogens is 1. The second kappa shape index (κ2) is 8.76. The topological polar surface area (TPSA) is 55.4 Å². The summed E-state index contributed by atoms with van der Waals surface area (Å²) in [4.78, 5) is 12.6. The van der Waals surface area contributed by atoms with E-state index in [0.717, 1.165) is 36.1 Å². The minimum absolute atomic E-state index is 0.00111. The fourth-order valence-electron chi connectivity index (χ4n) is 3.76. The maximum atomic E-state index is 12.6. The highest BCUT2D eigenvalue weighted by Crippen LogP contribution is 2.48. The molecule has 3 unspecified atom stereocenters. The van der Waals surface area contributed by atoms with Crippen LogP contribution in [-0.4, -0.2) is 28.6 Å². The van der Waals surface area contributed by atoms with Crippen LogP contribution in [0.1, 0.15) is 36.3 Å². The lowest BCUT2D eigenvalue weighted by Crippen LogP contribution is -2.25. The van der Waals surface area contributed by atoms with Crippen molar-refractivity contribution in [2.24, 2.45) is 5.92 Å². The number of benzene rings is 2. The largest absolute Gasteiger partial charge is 0.381 e. The van der Waals surface area contributed by atoms with E-state index < -0.39 is 10.8 Å². The Hall–Kier alpha value is -1.69. The van der Waals surface area contributed by atoms with Gasteiger partial charge in [-0.2, -0.15) is 0 Å². The Kier molecular flexibility index (Phi) is 6.14. The van der Waals surface area contributed by atoms with Gasteiger partial charge in [0, 0.05) is 51.6 Å². The number of carbonyl (C=O) groups excluding carboxylic acids is 1. The molecule has 1 saturated heterocycles. The summed E-state index contributed by atoms with van der Waals surface area (Å²) in [5.74, 6) is 0.830. The summed E-state index contributed by atoms with van der Waals surface area (Å²) in [6.45, 7) is 1.39. The third kappa shape index (κ3) is 4.83. The monoisotopic (exact) mass is 417 g/mol. The number of carbonyl (C=O) groups is 1. The van der Waals surface area contributed by atoms with Gasteiger partial charge < -0.3 is 10.1 Å². The normalized spacial score (nSPS) is 23.2. The molecule has 4 rings (SSSR count). The van der Waals surface area contributed by atoms with Crippen LogP contribution >= 0.6 is 11.6 Å². The molecule has 2 aliphatic rings. The summed E-state index contributed by atoms with van der Waals surface area (Å²) in [6.07, 6.45) is 2.58. The van der Waals surface area contributed by atoms with Gasteiger partial charge >= 0.3 is 0 Å². The maximum absolute atomic E-state index is 12.6. The lowest BCUT2D eigenvalue weighted by molar-refractivity contribution is -0.117. The molecular formula is C22H24ClNO3S. The summed E-state index contributed by atoms with van der Waals surface area (Å²) in [5.41, 5.74) is 2.92. The predicted octanol–water partition coefficient (Wildman–Crippen LogP) is 4.51. The Bertz CT molecular complexity index is 864. The Morgan fingerprint density at radius 2 is 1.89 bits per heavy atom. The molecule has 6 heteroatoms. The van der Waals surface area contributed by atoms with Crippen molar-refractivity contribution in [3.05, 3.63) is 64.7 Å². The number of anilines is 1. The van der Waals surface area contributed by atoms with Gasteiger partial charge in [0.25, 0.3) is 0 Å². The molecule has 2 aromatic carbocycles. The van der Waals surface area contributed by atoms with Crippen molar-refractivity contribution in [2.75, 3.05) is 18.5 Å². The molecular weight excluding hydrogens is 394 g/mol. The van der Waals surface area contributed by atoms with Crippen LogP contribution in [0.15, 0.2) is 48.5 Å². The van der Waals surface area contributed by atoms with Gasteiger partial charge in [0.05, 0.1) is 0 Å². The molecule has 0 bridgehead atoms. The van der Waals surface area contributed by atoms with E-state index in [-0.39, 0.29) is 23.0 Å². The second-order valence-corrected chi connectivity index (χ2v) is 9.68. The number of hydrogen-bond donors (Lipinski definition) is 1. The van der Waals surface area contributed by atoms with Crippen molar-refractivity contribution in [3.63, 3.8) is 0 Å². The molecule has 0 aromatic heterocycles. The van der Waals surface area contributed by atoms with E-state index in [1.165, 1.54) is 0 Å². The van der Waals surface area contributed by atoms with E-state index in [9.17, 15) is 9.00 Å². The lowest BCUT2D eigenvalue weighted by atomic mass is 10.1. The first kappa shape index (κ1) is 19.6. The maximum Gasteiger partial charge on any atom is 0.228 e. The molecule has 1 saturated carbocycles. The third-order valence-corrected chi connectivity index (χ3v) is 7.55. The van der Waals surface area contributed by atoms with Gasteiger partial charge in [-0.15, -0.1) is 0 Å². The first-order valence-electron chi connectivity index (χ1n) is 9.70. The highest BCUT2D eigenvalue weighted by Gasteiger charge is 2.43. The zero-order chi connectivity index (χ0) is 19.5. The summed E-state index contributed by atoms with van der Waals surface area (Å²) in [6, 6.07) is 15.4. The van der Waals surface area contributed by atoms with Crippen molar-refractivity contribution >= 4 is 34.0 Å². The first-order chi connectivity index (χ1) is 13.6. The van der Waals surface area contributed by atoms with Crippen LogP contribution in [0, 0.1) is 5.92 Å². The Balaban J connectivity index is 1.34. The number of rotatable bonds is 6. The molecule has 1 aliphatic carbocycles. The van der Waals surface area contributed by atoms with Crippen molar-refractivity contribution in [2.45, 2.75) is 36.2 Å². The molecule has 2 fully saturated rings. The van der Waals surface area contributed by atoms with E-state index in [1.807, 2.05) is 48.5 Å². The number of ether oxygens (including phenoxy) is 1. The average Bonchev–Trinajstić information content (AvgIpc) is 3.50. The Labute approximate surface area is 173 Å². The van der Waals surface area contributed by atoms with Gasteiger partial charge in [-0.25, -0.2) is 0 Å². The Morgan fingerprint density at radius 1 is 1.14 bits per heavy atom. The van der Waals surface area contributed by atoms with Gasteiger partial charge in [-0.1, -0.05) is 35.9 Å². The van der Waals surface area contributed by atoms with Crippen LogP contribution in [0.3, 0.4) is 0 Å². The van der Waals surface area contributed by atoms with E-state index in [2.05, 4.69) is 5.32 Å². The molecule has 1 N–H and O–H groups in total. The fourth-order valence-corrected chi connectivity index (χ4v) is 5.35. The first-order valence-corrected chi connectivity index (χ1v) is 11.5. The van der Waals surface area contributed by atoms with Crippen LogP contribution in [0.5, 0.6) is 0 Å². The van der Waals surface area contributed by atoms with E-state index in [1.54, 1.807) is 0 Å². The summed E-state index contributed by atoms with van der Waals surface area (Å²) in [7, 11) is -0.911. The smallest absolute Gasteiger partial charge is 0.228 e. The van der Waals surface area contributed by atoms with Crippen LogP contribution in [-0.2, 0) is 26.1 Å². The van der Waals surface area contributed by atoms with Gasteiger partial charge in [0.2, 0.25) is 5.91 Å². The van der Waals surface area contributed by atoms with Crippen LogP contribution in [0.4, 0.5) is 5.69 Å². The van der Waals surface area contributed by atoms with Crippen LogP contribution < -0.4 is 5.32 Å². The van der Waals surface area contributed by atoms with Crippen molar-refractivity contribution in [3.8, 4) is 0 Å². The van der Waals surface area contributed by atoms with Crippen molar-refractivity contribution < 1.29 is 13.7 Å². The molecule has 1 aliphatic heterocycles. The molecule has 0 radical (unpaired) electrons. The predicted molar refractivity (Wildman–Crippen MR) is 113 cm³/mol. The summed E-state index contributed by atoms with van der Waals surface area (Å²) in [5, 5.41) is 3.94. The molecule has 3 atom stereocenters. The highest BCUT2D eigenvalue weighted by atomic mass is 35.5. The lowest BCUT2D eigenvalue weighted by Gasteiger charge is -2.21. The van der Waals surface area contributed by atoms with Gasteiger partial charge in [-0.05, 0) is 60.6 Å². The number of nitrogens with one attached hydrogen (secondary N) is 1. The Morgan fingerprint density at radius 3 is 2.64 bits per heavy atom. The molecule has 28 heavy (non-hydrogen) atoms. The second-order valence-electron chi connectivity index (χ2n) is 7.53. The molecule has 1 amide bonds. The van der Waals surface area contributed by atoms with Gasteiger partial charge in [0.1, 0.15) is 0 Å². The third-order valence-electron chi connectivity index (χ3n) is 5.47. The standard InChI is InChI=1S/C22H24ClNO3S/c23-17-6-4-16(5-7-17)20-13-21(20)22(25)24-18-3-1-2-15(12-18)14-28(26)19-8-10-27-11-9-19/h1-7,12,19-21H,8-11,13-14H2,(H,24,25). The number of amides is 1. The summed E-state index contributed by atoms with van der Waals surface area (Å²) >= 11 is 5.94. The summed E-state index contributed by atoms with van der Waals surface area (Å²) < 4.78 is 18.0.